The molecule has 0 unspecified atom stereocenters. The van der Waals surface area contributed by atoms with Gasteiger partial charge in [0.1, 0.15) is 5.54 Å². The first-order valence-corrected chi connectivity index (χ1v) is 10.1. The number of carbonyl (C=O) groups is 2. The standard InChI is InChI=1S/C21H31N3O2/c25-19(22-16-17-10-4-1-5-11-17)21(14-8-3-9-15-21)24-20(26)23-18-12-6-2-7-13-18/h2,6-7,12-13,17H,1,3-5,8-11,14-16H2,(H,22,25)(H2,23,24,26). The lowest BCUT2D eigenvalue weighted by molar-refractivity contribution is -0.128. The van der Waals surface area contributed by atoms with E-state index in [1.54, 1.807) is 0 Å². The molecule has 1 aromatic rings. The Morgan fingerprint density at radius 3 is 2.27 bits per heavy atom. The molecule has 2 aliphatic rings. The van der Waals surface area contributed by atoms with E-state index in [0.29, 0.717) is 18.8 Å². The highest BCUT2D eigenvalue weighted by Gasteiger charge is 2.41. The van der Waals surface area contributed by atoms with E-state index < -0.39 is 5.54 Å². The van der Waals surface area contributed by atoms with Gasteiger partial charge in [-0.3, -0.25) is 4.79 Å². The molecule has 0 aromatic heterocycles. The third-order valence-electron chi connectivity index (χ3n) is 5.80. The van der Waals surface area contributed by atoms with E-state index in [-0.39, 0.29) is 11.9 Å². The maximum absolute atomic E-state index is 13.0. The highest BCUT2D eigenvalue weighted by molar-refractivity contribution is 5.96. The van der Waals surface area contributed by atoms with Crippen LogP contribution in [0.2, 0.25) is 0 Å². The van der Waals surface area contributed by atoms with Crippen molar-refractivity contribution in [3.05, 3.63) is 30.3 Å². The molecule has 0 atom stereocenters. The minimum absolute atomic E-state index is 0.00835. The largest absolute Gasteiger partial charge is 0.354 e. The number of urea groups is 1. The van der Waals surface area contributed by atoms with E-state index in [1.165, 1.54) is 32.1 Å². The first kappa shape index (κ1) is 18.7. The van der Waals surface area contributed by atoms with Crippen molar-refractivity contribution in [3.8, 4) is 0 Å². The molecule has 3 amide bonds. The summed E-state index contributed by atoms with van der Waals surface area (Å²) in [4.78, 5) is 25.5. The average Bonchev–Trinajstić information content (AvgIpc) is 2.68. The topological polar surface area (TPSA) is 70.2 Å². The van der Waals surface area contributed by atoms with Gasteiger partial charge in [0, 0.05) is 12.2 Å². The van der Waals surface area contributed by atoms with E-state index in [0.717, 1.165) is 31.5 Å². The third-order valence-corrected chi connectivity index (χ3v) is 5.80. The Hall–Kier alpha value is -2.04. The van der Waals surface area contributed by atoms with Crippen molar-refractivity contribution < 1.29 is 9.59 Å². The number of amides is 3. The van der Waals surface area contributed by atoms with Crippen molar-refractivity contribution in [2.75, 3.05) is 11.9 Å². The molecule has 5 nitrogen and oxygen atoms in total. The van der Waals surface area contributed by atoms with Gasteiger partial charge < -0.3 is 16.0 Å². The zero-order chi connectivity index (χ0) is 18.2. The summed E-state index contributed by atoms with van der Waals surface area (Å²) in [5.41, 5.74) is -0.0373. The van der Waals surface area contributed by atoms with Crippen LogP contribution in [0.15, 0.2) is 30.3 Å². The fourth-order valence-corrected chi connectivity index (χ4v) is 4.26. The van der Waals surface area contributed by atoms with Gasteiger partial charge in [0.05, 0.1) is 0 Å². The van der Waals surface area contributed by atoms with Crippen LogP contribution in [-0.2, 0) is 4.79 Å². The first-order chi connectivity index (χ1) is 12.7. The number of carbonyl (C=O) groups excluding carboxylic acids is 2. The van der Waals surface area contributed by atoms with E-state index in [2.05, 4.69) is 16.0 Å². The lowest BCUT2D eigenvalue weighted by atomic mass is 9.80. The van der Waals surface area contributed by atoms with Gasteiger partial charge in [0.15, 0.2) is 0 Å². The predicted octanol–water partition coefficient (Wildman–Crippen LogP) is 4.21. The summed E-state index contributed by atoms with van der Waals surface area (Å²) in [6, 6.07) is 9.05. The van der Waals surface area contributed by atoms with Crippen LogP contribution in [0, 0.1) is 5.92 Å². The molecule has 142 valence electrons. The Morgan fingerprint density at radius 2 is 1.58 bits per heavy atom. The quantitative estimate of drug-likeness (QED) is 0.739. The van der Waals surface area contributed by atoms with Crippen molar-refractivity contribution in [3.63, 3.8) is 0 Å². The molecule has 0 saturated heterocycles. The fraction of sp³-hybridized carbons (Fsp3) is 0.619. The zero-order valence-corrected chi connectivity index (χ0v) is 15.6. The molecule has 0 radical (unpaired) electrons. The van der Waals surface area contributed by atoms with Gasteiger partial charge >= 0.3 is 6.03 Å². The molecule has 0 spiro atoms. The molecule has 0 bridgehead atoms. The van der Waals surface area contributed by atoms with Gasteiger partial charge in [-0.1, -0.05) is 56.7 Å². The van der Waals surface area contributed by atoms with E-state index in [4.69, 9.17) is 0 Å². The summed E-state index contributed by atoms with van der Waals surface area (Å²) < 4.78 is 0. The number of hydrogen-bond acceptors (Lipinski definition) is 2. The van der Waals surface area contributed by atoms with Crippen molar-refractivity contribution in [2.45, 2.75) is 69.7 Å². The second-order valence-electron chi connectivity index (χ2n) is 7.80. The molecule has 0 heterocycles. The maximum atomic E-state index is 13.0. The second-order valence-corrected chi connectivity index (χ2v) is 7.80. The lowest BCUT2D eigenvalue weighted by Gasteiger charge is -2.37. The molecular formula is C21H31N3O2. The van der Waals surface area contributed by atoms with E-state index >= 15 is 0 Å². The molecule has 2 saturated carbocycles. The zero-order valence-electron chi connectivity index (χ0n) is 15.6. The minimum atomic E-state index is -0.772. The molecule has 2 aliphatic carbocycles. The minimum Gasteiger partial charge on any atom is -0.354 e. The number of benzene rings is 1. The van der Waals surface area contributed by atoms with Crippen LogP contribution in [-0.4, -0.2) is 24.0 Å². The van der Waals surface area contributed by atoms with Crippen LogP contribution in [0.1, 0.15) is 64.2 Å². The molecule has 5 heteroatoms. The summed E-state index contributed by atoms with van der Waals surface area (Å²) in [6.07, 6.45) is 10.8. The Kier molecular flexibility index (Phi) is 6.53. The van der Waals surface area contributed by atoms with Crippen LogP contribution in [0.25, 0.3) is 0 Å². The van der Waals surface area contributed by atoms with Crippen molar-refractivity contribution in [2.24, 2.45) is 5.92 Å². The summed E-state index contributed by atoms with van der Waals surface area (Å²) in [5.74, 6) is 0.581. The molecule has 26 heavy (non-hydrogen) atoms. The van der Waals surface area contributed by atoms with Crippen LogP contribution in [0.3, 0.4) is 0 Å². The number of hydrogen-bond donors (Lipinski definition) is 3. The summed E-state index contributed by atoms with van der Waals surface area (Å²) in [5, 5.41) is 9.00. The molecule has 3 rings (SSSR count). The molecular weight excluding hydrogens is 326 g/mol. The normalized spacial score (nSPS) is 20.2. The van der Waals surface area contributed by atoms with Crippen LogP contribution >= 0.6 is 0 Å². The monoisotopic (exact) mass is 357 g/mol. The van der Waals surface area contributed by atoms with Crippen molar-refractivity contribution >= 4 is 17.6 Å². The van der Waals surface area contributed by atoms with Gasteiger partial charge in [0.2, 0.25) is 5.91 Å². The van der Waals surface area contributed by atoms with Crippen LogP contribution < -0.4 is 16.0 Å². The smallest absolute Gasteiger partial charge is 0.320 e. The summed E-state index contributed by atoms with van der Waals surface area (Å²) >= 11 is 0. The number of rotatable bonds is 5. The molecule has 1 aromatic carbocycles. The predicted molar refractivity (Wildman–Crippen MR) is 104 cm³/mol. The van der Waals surface area contributed by atoms with Crippen molar-refractivity contribution in [1.29, 1.82) is 0 Å². The average molecular weight is 357 g/mol. The van der Waals surface area contributed by atoms with Crippen LogP contribution in [0.5, 0.6) is 0 Å². The van der Waals surface area contributed by atoms with Gasteiger partial charge in [-0.2, -0.15) is 0 Å². The lowest BCUT2D eigenvalue weighted by Crippen LogP contribution is -2.61. The van der Waals surface area contributed by atoms with Gasteiger partial charge in [-0.15, -0.1) is 0 Å². The Labute approximate surface area is 156 Å². The Balaban J connectivity index is 1.59. The van der Waals surface area contributed by atoms with Gasteiger partial charge in [-0.25, -0.2) is 4.79 Å². The van der Waals surface area contributed by atoms with E-state index in [1.807, 2.05) is 30.3 Å². The third kappa shape index (κ3) is 4.99. The molecule has 0 aliphatic heterocycles. The van der Waals surface area contributed by atoms with Crippen LogP contribution in [0.4, 0.5) is 10.5 Å². The second kappa shape index (κ2) is 9.06. The Morgan fingerprint density at radius 1 is 0.923 bits per heavy atom. The number of anilines is 1. The van der Waals surface area contributed by atoms with Gasteiger partial charge in [0.25, 0.3) is 0 Å². The summed E-state index contributed by atoms with van der Waals surface area (Å²) in [7, 11) is 0. The highest BCUT2D eigenvalue weighted by atomic mass is 16.2. The highest BCUT2D eigenvalue weighted by Crippen LogP contribution is 2.29. The number of para-hydroxylation sites is 1. The number of nitrogens with one attached hydrogen (secondary N) is 3. The van der Waals surface area contributed by atoms with Crippen molar-refractivity contribution in [1.82, 2.24) is 10.6 Å². The molecule has 3 N–H and O–H groups in total. The fourth-order valence-electron chi connectivity index (χ4n) is 4.26. The maximum Gasteiger partial charge on any atom is 0.320 e. The van der Waals surface area contributed by atoms with E-state index in [9.17, 15) is 9.59 Å². The first-order valence-electron chi connectivity index (χ1n) is 10.1. The molecule has 2 fully saturated rings. The Bertz CT molecular complexity index is 591. The van der Waals surface area contributed by atoms with Gasteiger partial charge in [-0.05, 0) is 43.7 Å². The SMILES string of the molecule is O=C(Nc1ccccc1)NC1(C(=O)NCC2CCCCC2)CCCCC1. The summed E-state index contributed by atoms with van der Waals surface area (Å²) in [6.45, 7) is 0.739.